The predicted molar refractivity (Wildman–Crippen MR) is 119 cm³/mol. The standard InChI is InChI=1S/C20H20O5S4/c1-4-7-11(22)24-15-17-18(27-13(6-3)26-17)16(25-12(23)8-5-2)20-19(15)28-14(29-20)9-10-21/h6,9-10H,4-5,7-8H2,1-3H3. The maximum Gasteiger partial charge on any atom is 0.311 e. The second kappa shape index (κ2) is 10.1. The molecule has 5 nitrogen and oxygen atoms in total. The lowest BCUT2D eigenvalue weighted by Gasteiger charge is -2.16. The van der Waals surface area contributed by atoms with Crippen LogP contribution in [0.1, 0.15) is 46.5 Å². The van der Waals surface area contributed by atoms with Crippen LogP contribution in [0, 0.1) is 0 Å². The Kier molecular flexibility index (Phi) is 7.84. The van der Waals surface area contributed by atoms with Gasteiger partial charge in [-0.1, -0.05) is 67.0 Å². The lowest BCUT2D eigenvalue weighted by Crippen LogP contribution is -2.11. The van der Waals surface area contributed by atoms with E-state index in [1.165, 1.54) is 53.1 Å². The molecule has 2 heterocycles. The van der Waals surface area contributed by atoms with Crippen LogP contribution in [0.5, 0.6) is 11.5 Å². The molecule has 9 heteroatoms. The number of carbonyl (C=O) groups is 3. The van der Waals surface area contributed by atoms with Crippen LogP contribution in [-0.2, 0) is 14.4 Å². The van der Waals surface area contributed by atoms with Gasteiger partial charge in [0, 0.05) is 17.1 Å². The third kappa shape index (κ3) is 4.90. The predicted octanol–water partition coefficient (Wildman–Crippen LogP) is 6.39. The lowest BCUT2D eigenvalue weighted by atomic mass is 10.3. The fourth-order valence-electron chi connectivity index (χ4n) is 2.60. The Labute approximate surface area is 186 Å². The van der Waals surface area contributed by atoms with E-state index in [0.717, 1.165) is 34.3 Å². The van der Waals surface area contributed by atoms with Crippen LogP contribution in [-0.4, -0.2) is 18.2 Å². The number of fused-ring (bicyclic) bond motifs is 2. The summed E-state index contributed by atoms with van der Waals surface area (Å²) in [4.78, 5) is 38.6. The first-order chi connectivity index (χ1) is 14.0. The Morgan fingerprint density at radius 2 is 1.21 bits per heavy atom. The van der Waals surface area contributed by atoms with Crippen molar-refractivity contribution >= 4 is 65.3 Å². The number of carbonyl (C=O) groups excluding carboxylic acids is 3. The third-order valence-corrected chi connectivity index (χ3v) is 9.01. The van der Waals surface area contributed by atoms with E-state index in [-0.39, 0.29) is 11.9 Å². The average molecular weight is 469 g/mol. The second-order valence-corrected chi connectivity index (χ2v) is 10.8. The van der Waals surface area contributed by atoms with Gasteiger partial charge in [-0.05, 0) is 25.8 Å². The summed E-state index contributed by atoms with van der Waals surface area (Å²) in [5.41, 5.74) is 0. The zero-order valence-electron chi connectivity index (χ0n) is 16.2. The van der Waals surface area contributed by atoms with Gasteiger partial charge < -0.3 is 9.47 Å². The molecule has 0 bridgehead atoms. The molecule has 0 fully saturated rings. The molecule has 0 radical (unpaired) electrons. The number of ether oxygens (including phenoxy) is 2. The van der Waals surface area contributed by atoms with E-state index in [1.54, 1.807) is 0 Å². The van der Waals surface area contributed by atoms with Gasteiger partial charge in [-0.3, -0.25) is 14.4 Å². The molecule has 0 spiro atoms. The van der Waals surface area contributed by atoms with Crippen molar-refractivity contribution in [1.82, 2.24) is 0 Å². The maximum atomic E-state index is 12.3. The van der Waals surface area contributed by atoms with E-state index in [1.807, 2.05) is 26.8 Å². The van der Waals surface area contributed by atoms with Crippen LogP contribution in [0.3, 0.4) is 0 Å². The Morgan fingerprint density at radius 3 is 1.55 bits per heavy atom. The normalized spacial score (nSPS) is 14.3. The van der Waals surface area contributed by atoms with Gasteiger partial charge in [0.2, 0.25) is 0 Å². The van der Waals surface area contributed by atoms with Crippen LogP contribution >= 0.6 is 47.0 Å². The molecule has 0 atom stereocenters. The zero-order chi connectivity index (χ0) is 21.0. The fourth-order valence-corrected chi connectivity index (χ4v) is 7.54. The Morgan fingerprint density at radius 1 is 0.793 bits per heavy atom. The number of rotatable bonds is 7. The molecule has 0 aliphatic carbocycles. The highest BCUT2D eigenvalue weighted by Crippen LogP contribution is 2.67. The van der Waals surface area contributed by atoms with E-state index >= 15 is 0 Å². The molecule has 154 valence electrons. The van der Waals surface area contributed by atoms with Crippen molar-refractivity contribution in [2.24, 2.45) is 0 Å². The smallest absolute Gasteiger partial charge is 0.311 e. The van der Waals surface area contributed by atoms with Crippen molar-refractivity contribution in [1.29, 1.82) is 0 Å². The van der Waals surface area contributed by atoms with Crippen molar-refractivity contribution in [3.05, 3.63) is 20.6 Å². The molecule has 0 saturated heterocycles. The summed E-state index contributed by atoms with van der Waals surface area (Å²) in [5, 5.41) is 0. The Balaban J connectivity index is 2.16. The van der Waals surface area contributed by atoms with Gasteiger partial charge in [-0.25, -0.2) is 0 Å². The summed E-state index contributed by atoms with van der Waals surface area (Å²) in [6, 6.07) is 0. The Bertz CT molecular complexity index is 857. The highest BCUT2D eigenvalue weighted by atomic mass is 32.2. The molecular formula is C20H20O5S4. The fraction of sp³-hybridized carbons (Fsp3) is 0.350. The van der Waals surface area contributed by atoms with Crippen LogP contribution in [0.25, 0.3) is 0 Å². The van der Waals surface area contributed by atoms with E-state index in [0.29, 0.717) is 37.2 Å². The topological polar surface area (TPSA) is 69.7 Å². The number of aldehydes is 1. The van der Waals surface area contributed by atoms with Crippen molar-refractivity contribution in [3.63, 3.8) is 0 Å². The number of allylic oxidation sites excluding steroid dienone is 2. The van der Waals surface area contributed by atoms with E-state index in [2.05, 4.69) is 0 Å². The summed E-state index contributed by atoms with van der Waals surface area (Å²) in [6.45, 7) is 5.78. The van der Waals surface area contributed by atoms with E-state index in [4.69, 9.17) is 9.47 Å². The quantitative estimate of drug-likeness (QED) is 0.196. The van der Waals surface area contributed by atoms with E-state index < -0.39 is 0 Å². The van der Waals surface area contributed by atoms with Crippen LogP contribution < -0.4 is 9.47 Å². The van der Waals surface area contributed by atoms with Crippen molar-refractivity contribution in [2.45, 2.75) is 66.0 Å². The van der Waals surface area contributed by atoms with E-state index in [9.17, 15) is 14.4 Å². The summed E-state index contributed by atoms with van der Waals surface area (Å²) >= 11 is 5.72. The minimum atomic E-state index is -0.300. The third-order valence-electron chi connectivity index (χ3n) is 3.83. The summed E-state index contributed by atoms with van der Waals surface area (Å²) in [6.07, 6.45) is 6.19. The molecule has 2 aliphatic heterocycles. The van der Waals surface area contributed by atoms with Crippen LogP contribution in [0.15, 0.2) is 40.2 Å². The van der Waals surface area contributed by atoms with Gasteiger partial charge in [0.15, 0.2) is 11.5 Å². The molecule has 1 aromatic rings. The molecule has 2 aliphatic rings. The van der Waals surface area contributed by atoms with Crippen molar-refractivity contribution in [2.75, 3.05) is 0 Å². The minimum Gasteiger partial charge on any atom is -0.424 e. The van der Waals surface area contributed by atoms with Gasteiger partial charge in [-0.15, -0.1) is 0 Å². The van der Waals surface area contributed by atoms with Gasteiger partial charge >= 0.3 is 11.9 Å². The van der Waals surface area contributed by atoms with Gasteiger partial charge in [0.1, 0.15) is 6.29 Å². The molecule has 0 aromatic heterocycles. The maximum absolute atomic E-state index is 12.3. The van der Waals surface area contributed by atoms with Crippen LogP contribution in [0.2, 0.25) is 0 Å². The summed E-state index contributed by atoms with van der Waals surface area (Å²) in [7, 11) is 0. The highest BCUT2D eigenvalue weighted by Gasteiger charge is 2.37. The average Bonchev–Trinajstić information content (AvgIpc) is 3.29. The molecule has 29 heavy (non-hydrogen) atoms. The molecule has 0 N–H and O–H groups in total. The monoisotopic (exact) mass is 468 g/mol. The number of hydrogen-bond donors (Lipinski definition) is 0. The van der Waals surface area contributed by atoms with Gasteiger partial charge in [0.25, 0.3) is 0 Å². The first-order valence-corrected chi connectivity index (χ1v) is 12.5. The van der Waals surface area contributed by atoms with Crippen LogP contribution in [0.4, 0.5) is 0 Å². The molecule has 0 saturated carbocycles. The minimum absolute atomic E-state index is 0.300. The molecule has 0 amide bonds. The lowest BCUT2D eigenvalue weighted by molar-refractivity contribution is -0.136. The second-order valence-electron chi connectivity index (χ2n) is 6.06. The SMILES string of the molecule is CC=C1Sc2c(OC(=O)CCC)c3c(c(OC(=O)CCC)c2S1)SC(=CC=O)S3. The molecule has 1 aromatic carbocycles. The Hall–Kier alpha value is -1.29. The van der Waals surface area contributed by atoms with Crippen molar-refractivity contribution < 1.29 is 23.9 Å². The molecule has 0 unspecified atom stereocenters. The van der Waals surface area contributed by atoms with Crippen molar-refractivity contribution in [3.8, 4) is 11.5 Å². The molecular weight excluding hydrogens is 448 g/mol. The zero-order valence-corrected chi connectivity index (χ0v) is 19.5. The largest absolute Gasteiger partial charge is 0.424 e. The first-order valence-electron chi connectivity index (χ1n) is 9.20. The first kappa shape index (κ1) is 22.4. The van der Waals surface area contributed by atoms with Gasteiger partial charge in [-0.2, -0.15) is 0 Å². The van der Waals surface area contributed by atoms with Gasteiger partial charge in [0.05, 0.1) is 23.8 Å². The summed E-state index contributed by atoms with van der Waals surface area (Å²) < 4.78 is 13.3. The highest BCUT2D eigenvalue weighted by molar-refractivity contribution is 8.25. The number of thioether (sulfide) groups is 4. The number of esters is 2. The number of hydrogen-bond acceptors (Lipinski definition) is 9. The molecule has 3 rings (SSSR count). The summed E-state index contributed by atoms with van der Waals surface area (Å²) in [5.74, 6) is 0.380. The number of benzene rings is 1.